The Morgan fingerprint density at radius 2 is 1.70 bits per heavy atom. The molecule has 0 N–H and O–H groups in total. The Hall–Kier alpha value is -3.32. The largest absolute Gasteiger partial charge is 0.497 e. The summed E-state index contributed by atoms with van der Waals surface area (Å²) in [5, 5.41) is 0. The highest BCUT2D eigenvalue weighted by atomic mass is 32.2. The second-order valence-electron chi connectivity index (χ2n) is 13.0. The monoisotopic (exact) mass is 664 g/mol. The third kappa shape index (κ3) is 7.56. The number of pyridine rings is 1. The summed E-state index contributed by atoms with van der Waals surface area (Å²) in [5.41, 5.74) is 2.09. The summed E-state index contributed by atoms with van der Waals surface area (Å²) < 4.78 is 47.7. The van der Waals surface area contributed by atoms with Gasteiger partial charge in [0.2, 0.25) is 10.0 Å². The molecule has 254 valence electrons. The van der Waals surface area contributed by atoms with E-state index in [-0.39, 0.29) is 24.3 Å². The van der Waals surface area contributed by atoms with Gasteiger partial charge in [0.25, 0.3) is 0 Å². The van der Waals surface area contributed by atoms with E-state index < -0.39 is 10.0 Å². The van der Waals surface area contributed by atoms with Crippen LogP contribution in [-0.4, -0.2) is 98.2 Å². The number of ether oxygens (including phenoxy) is 3. The molecular weight excluding hydrogens is 616 g/mol. The molecule has 2 aromatic heterocycles. The molecule has 0 radical (unpaired) electrons. The van der Waals surface area contributed by atoms with Crippen molar-refractivity contribution in [2.75, 3.05) is 64.5 Å². The summed E-state index contributed by atoms with van der Waals surface area (Å²) in [4.78, 5) is 18.6. The summed E-state index contributed by atoms with van der Waals surface area (Å²) >= 11 is 0. The first kappa shape index (κ1) is 33.6. The molecule has 3 aliphatic rings. The van der Waals surface area contributed by atoms with Gasteiger partial charge in [-0.15, -0.1) is 0 Å². The Kier molecular flexibility index (Phi) is 10.6. The van der Waals surface area contributed by atoms with E-state index >= 15 is 0 Å². The summed E-state index contributed by atoms with van der Waals surface area (Å²) in [7, 11) is -2.16. The molecule has 0 bridgehead atoms. The molecule has 3 saturated heterocycles. The van der Waals surface area contributed by atoms with Gasteiger partial charge in [-0.2, -0.15) is 9.29 Å². The number of likely N-dealkylation sites (tertiary alicyclic amines) is 1. The number of hydrogen-bond donors (Lipinski definition) is 0. The first-order valence-electron chi connectivity index (χ1n) is 16.9. The van der Waals surface area contributed by atoms with Crippen LogP contribution < -0.4 is 14.4 Å². The van der Waals surface area contributed by atoms with Crippen molar-refractivity contribution in [2.45, 2.75) is 75.3 Å². The van der Waals surface area contributed by atoms with Crippen LogP contribution in [-0.2, 0) is 20.4 Å². The van der Waals surface area contributed by atoms with E-state index in [1.54, 1.807) is 29.7 Å². The second-order valence-corrected chi connectivity index (χ2v) is 14.8. The fourth-order valence-corrected chi connectivity index (χ4v) is 9.47. The van der Waals surface area contributed by atoms with Crippen molar-refractivity contribution in [1.29, 1.82) is 0 Å². The first-order chi connectivity index (χ1) is 22.8. The summed E-state index contributed by atoms with van der Waals surface area (Å²) in [5.74, 6) is 1.44. The van der Waals surface area contributed by atoms with Crippen molar-refractivity contribution in [1.82, 2.24) is 24.2 Å². The maximum atomic E-state index is 14.0. The van der Waals surface area contributed by atoms with Crippen LogP contribution in [0.5, 0.6) is 11.8 Å². The number of sulfonamides is 1. The summed E-state index contributed by atoms with van der Waals surface area (Å²) in [6.07, 6.45) is 12.1. The number of nitrogens with zero attached hydrogens (tertiary/aromatic N) is 6. The summed E-state index contributed by atoms with van der Waals surface area (Å²) in [6.45, 7) is 9.79. The van der Waals surface area contributed by atoms with Crippen LogP contribution in [0.2, 0.25) is 0 Å². The van der Waals surface area contributed by atoms with Crippen molar-refractivity contribution in [3.63, 3.8) is 0 Å². The van der Waals surface area contributed by atoms with Gasteiger partial charge in [-0.1, -0.05) is 12.5 Å². The number of piperidine rings is 2. The average molecular weight is 665 g/mol. The van der Waals surface area contributed by atoms with Crippen LogP contribution >= 0.6 is 0 Å². The number of benzene rings is 1. The normalized spacial score (nSPS) is 20.7. The fourth-order valence-electron chi connectivity index (χ4n) is 7.38. The van der Waals surface area contributed by atoms with Crippen LogP contribution in [0.15, 0.2) is 53.8 Å². The molecule has 11 nitrogen and oxygen atoms in total. The molecule has 1 aromatic carbocycles. The lowest BCUT2D eigenvalue weighted by Gasteiger charge is -2.42. The smallest absolute Gasteiger partial charge is 0.318 e. The van der Waals surface area contributed by atoms with Crippen LogP contribution in [0.4, 0.5) is 5.82 Å². The molecule has 12 heteroatoms. The van der Waals surface area contributed by atoms with Gasteiger partial charge in [0.05, 0.1) is 30.3 Å². The first-order valence-corrected chi connectivity index (χ1v) is 18.4. The molecule has 47 heavy (non-hydrogen) atoms. The lowest BCUT2D eigenvalue weighted by atomic mass is 9.85. The molecule has 5 heterocycles. The number of aromatic nitrogens is 3. The predicted molar refractivity (Wildman–Crippen MR) is 181 cm³/mol. The average Bonchev–Trinajstić information content (AvgIpc) is 3.61. The van der Waals surface area contributed by atoms with Gasteiger partial charge >= 0.3 is 6.01 Å². The van der Waals surface area contributed by atoms with E-state index in [2.05, 4.69) is 25.8 Å². The zero-order valence-corrected chi connectivity index (χ0v) is 28.8. The van der Waals surface area contributed by atoms with E-state index in [4.69, 9.17) is 19.2 Å². The predicted octanol–water partition coefficient (Wildman–Crippen LogP) is 4.73. The minimum Gasteiger partial charge on any atom is -0.497 e. The topological polar surface area (TPSA) is 110 Å². The molecule has 1 atom stereocenters. The van der Waals surface area contributed by atoms with Gasteiger partial charge in [0.15, 0.2) is 0 Å². The van der Waals surface area contributed by atoms with Crippen LogP contribution in [0, 0.1) is 13.8 Å². The maximum absolute atomic E-state index is 14.0. The number of methoxy groups -OCH3 is 1. The second kappa shape index (κ2) is 14.8. The quantitative estimate of drug-likeness (QED) is 0.270. The third-order valence-electron chi connectivity index (χ3n) is 9.90. The van der Waals surface area contributed by atoms with Crippen LogP contribution in [0.1, 0.15) is 61.6 Å². The Balaban J connectivity index is 1.11. The number of rotatable bonds is 12. The number of aryl methyl sites for hydroxylation is 2. The van der Waals surface area contributed by atoms with E-state index in [1.807, 2.05) is 38.4 Å². The van der Waals surface area contributed by atoms with Crippen molar-refractivity contribution >= 4 is 15.8 Å². The van der Waals surface area contributed by atoms with E-state index in [0.717, 1.165) is 69.8 Å². The molecule has 6 rings (SSSR count). The minimum atomic E-state index is -3.74. The van der Waals surface area contributed by atoms with Crippen LogP contribution in [0.3, 0.4) is 0 Å². The lowest BCUT2D eigenvalue weighted by molar-refractivity contribution is -0.0727. The number of hydrogen-bond acceptors (Lipinski definition) is 10. The highest BCUT2D eigenvalue weighted by Crippen LogP contribution is 2.38. The molecule has 1 unspecified atom stereocenters. The zero-order chi connectivity index (χ0) is 32.9. The standard InChI is InChI=1S/C35H48N6O5S/c1-27-23-31(44-3)24-28(2)33(27)47(42,43)41-18-5-4-10-30(41)26-45-34-37-15-11-32(38-34)40-19-12-35(13-20-40,29-9-8-14-36-25-29)46-22-21-39-16-6-7-17-39/h8-9,11,14-15,23-25,30H,4-7,10,12-13,16-22,26H2,1-3H3. The molecule has 0 saturated carbocycles. The highest BCUT2D eigenvalue weighted by Gasteiger charge is 2.39. The Labute approximate surface area is 279 Å². The molecule has 0 amide bonds. The third-order valence-corrected chi connectivity index (χ3v) is 12.2. The Morgan fingerprint density at radius 3 is 2.40 bits per heavy atom. The van der Waals surface area contributed by atoms with Gasteiger partial charge in [0, 0.05) is 50.3 Å². The van der Waals surface area contributed by atoms with Gasteiger partial charge < -0.3 is 24.0 Å². The van der Waals surface area contributed by atoms with E-state index in [1.165, 1.54) is 12.8 Å². The molecule has 3 fully saturated rings. The highest BCUT2D eigenvalue weighted by molar-refractivity contribution is 7.89. The van der Waals surface area contributed by atoms with Gasteiger partial charge in [0.1, 0.15) is 18.2 Å². The van der Waals surface area contributed by atoms with Gasteiger partial charge in [-0.25, -0.2) is 13.4 Å². The molecular formula is C35H48N6O5S. The van der Waals surface area contributed by atoms with Crippen molar-refractivity contribution in [2.24, 2.45) is 0 Å². The minimum absolute atomic E-state index is 0.186. The lowest BCUT2D eigenvalue weighted by Crippen LogP contribution is -2.47. The van der Waals surface area contributed by atoms with E-state index in [9.17, 15) is 8.42 Å². The Bertz CT molecular complexity index is 1570. The SMILES string of the molecule is COc1cc(C)c(S(=O)(=O)N2CCCCC2COc2nccc(N3CCC(OCCN4CCCC4)(c4cccnc4)CC3)n2)c(C)c1. The van der Waals surface area contributed by atoms with Crippen molar-refractivity contribution in [3.05, 3.63) is 65.6 Å². The Morgan fingerprint density at radius 1 is 0.957 bits per heavy atom. The van der Waals surface area contributed by atoms with E-state index in [0.29, 0.717) is 41.3 Å². The molecule has 0 spiro atoms. The maximum Gasteiger partial charge on any atom is 0.318 e. The van der Waals surface area contributed by atoms with Crippen molar-refractivity contribution in [3.8, 4) is 11.8 Å². The fraction of sp³-hybridized carbons (Fsp3) is 0.571. The van der Waals surface area contributed by atoms with Gasteiger partial charge in [-0.3, -0.25) is 4.98 Å². The molecule has 0 aliphatic carbocycles. The molecule has 3 aliphatic heterocycles. The summed E-state index contributed by atoms with van der Waals surface area (Å²) in [6, 6.07) is 9.52. The van der Waals surface area contributed by atoms with Crippen molar-refractivity contribution < 1.29 is 22.6 Å². The van der Waals surface area contributed by atoms with Crippen LogP contribution in [0.25, 0.3) is 0 Å². The molecule has 3 aromatic rings. The zero-order valence-electron chi connectivity index (χ0n) is 27.9. The van der Waals surface area contributed by atoms with Gasteiger partial charge in [-0.05, 0) is 101 Å². The number of anilines is 1.